The molecule has 14 heteroatoms. The van der Waals surface area contributed by atoms with Crippen LogP contribution in [0.3, 0.4) is 0 Å². The lowest BCUT2D eigenvalue weighted by Crippen LogP contribution is -2.37. The van der Waals surface area contributed by atoms with Gasteiger partial charge in [0.2, 0.25) is 5.95 Å². The highest BCUT2D eigenvalue weighted by molar-refractivity contribution is 7.59. The molecular formula is C16H23F6N5O2S. The molecule has 1 aliphatic carbocycles. The first-order valence-electron chi connectivity index (χ1n) is 8.58. The number of alkyl halides is 5. The summed E-state index contributed by atoms with van der Waals surface area (Å²) in [7, 11) is 0. The van der Waals surface area contributed by atoms with Crippen molar-refractivity contribution in [3.05, 3.63) is 11.7 Å². The Bertz CT molecular complexity index is 784. The maximum absolute atomic E-state index is 14.3. The number of hydrogen-bond donors (Lipinski definition) is 3. The molecule has 0 bridgehead atoms. The maximum atomic E-state index is 14.3. The number of anilines is 2. The van der Waals surface area contributed by atoms with Crippen molar-refractivity contribution in [1.29, 1.82) is 0 Å². The van der Waals surface area contributed by atoms with Gasteiger partial charge < -0.3 is 10.4 Å². The van der Waals surface area contributed by atoms with E-state index in [9.17, 15) is 31.4 Å². The summed E-state index contributed by atoms with van der Waals surface area (Å²) in [4.78, 5) is 16.5. The van der Waals surface area contributed by atoms with Crippen molar-refractivity contribution in [2.75, 3.05) is 10.8 Å². The number of nitrogens with one attached hydrogen (secondary N) is 2. The van der Waals surface area contributed by atoms with Crippen LogP contribution < -0.4 is 10.8 Å². The van der Waals surface area contributed by atoms with Crippen molar-refractivity contribution >= 4 is 31.0 Å². The van der Waals surface area contributed by atoms with Gasteiger partial charge in [-0.3, -0.25) is 4.84 Å². The highest BCUT2D eigenvalue weighted by Crippen LogP contribution is 2.41. The third-order valence-corrected chi connectivity index (χ3v) is 3.83. The molecular weight excluding hydrogens is 440 g/mol. The third kappa shape index (κ3) is 6.60. The fraction of sp³-hybridized carbons (Fsp3) is 0.688. The van der Waals surface area contributed by atoms with Gasteiger partial charge >= 0.3 is 6.18 Å². The Morgan fingerprint density at radius 2 is 1.70 bits per heavy atom. The summed E-state index contributed by atoms with van der Waals surface area (Å²) in [5.41, 5.74) is 1.13. The molecule has 0 aliphatic heterocycles. The minimum Gasteiger partial charge on any atom is -0.380 e. The molecule has 0 radical (unpaired) electrons. The van der Waals surface area contributed by atoms with E-state index in [1.807, 2.05) is 5.32 Å². The first kappa shape index (κ1) is 26.2. The van der Waals surface area contributed by atoms with Crippen molar-refractivity contribution in [3.8, 4) is 0 Å². The van der Waals surface area contributed by atoms with Crippen LogP contribution in [0, 0.1) is 0 Å². The van der Waals surface area contributed by atoms with Gasteiger partial charge in [-0.05, 0) is 34.1 Å². The van der Waals surface area contributed by atoms with Gasteiger partial charge in [-0.2, -0.15) is 41.6 Å². The molecule has 172 valence electrons. The van der Waals surface area contributed by atoms with E-state index in [-0.39, 0.29) is 19.4 Å². The summed E-state index contributed by atoms with van der Waals surface area (Å²) in [6, 6.07) is -2.06. The molecule has 2 rings (SSSR count). The second kappa shape index (κ2) is 9.14. The summed E-state index contributed by atoms with van der Waals surface area (Å²) < 4.78 is 79.8. The maximum Gasteiger partial charge on any atom is 0.408 e. The average Bonchev–Trinajstić information content (AvgIpc) is 2.56. The smallest absolute Gasteiger partial charge is 0.380 e. The molecule has 1 aliphatic rings. The van der Waals surface area contributed by atoms with Crippen LogP contribution in [0.4, 0.5) is 38.2 Å². The van der Waals surface area contributed by atoms with Crippen LogP contribution in [0.15, 0.2) is 5.83 Å². The molecule has 30 heavy (non-hydrogen) atoms. The molecule has 0 saturated carbocycles. The largest absolute Gasteiger partial charge is 0.408 e. The van der Waals surface area contributed by atoms with E-state index in [1.165, 1.54) is 0 Å². The molecule has 0 fully saturated rings. The molecule has 0 saturated heterocycles. The Morgan fingerprint density at radius 1 is 1.13 bits per heavy atom. The third-order valence-electron chi connectivity index (χ3n) is 3.83. The van der Waals surface area contributed by atoms with Gasteiger partial charge in [0, 0.05) is 12.0 Å². The summed E-state index contributed by atoms with van der Waals surface area (Å²) >= 11 is 0. The van der Waals surface area contributed by atoms with E-state index >= 15 is 0 Å². The highest BCUT2D eigenvalue weighted by Gasteiger charge is 2.46. The summed E-state index contributed by atoms with van der Waals surface area (Å²) in [5, 5.41) is 11.5. The number of rotatable bonds is 5. The second-order valence-corrected chi connectivity index (χ2v) is 7.52. The zero-order valence-electron chi connectivity index (χ0n) is 16.5. The highest BCUT2D eigenvalue weighted by atomic mass is 32.1. The lowest BCUT2D eigenvalue weighted by atomic mass is 9.92. The molecule has 2 atom stereocenters. The van der Waals surface area contributed by atoms with Crippen LogP contribution in [0.5, 0.6) is 0 Å². The van der Waals surface area contributed by atoms with Gasteiger partial charge in [-0.15, -0.1) is 0 Å². The standard InChI is InChI=1S/C16H21F6N5O2.H2S/c1-7(16(20,21)22)23-12-24-11(25-13(26-12)27-29-14(2,3)4)8-5-6-15(18,19)10(28)9(8)17;/h7,10,28H,5-6H2,1-4H3,(H2,23,24,25,26,27);1H2/t7-,10?;/m0./s1. The lowest BCUT2D eigenvalue weighted by Gasteiger charge is -2.28. The monoisotopic (exact) mass is 463 g/mol. The SMILES string of the molecule is C[C@H](Nc1nc(NOC(C)(C)C)nc(C2=C(F)C(O)C(F)(F)CC2)n1)C(F)(F)F.S. The Labute approximate surface area is 175 Å². The van der Waals surface area contributed by atoms with Crippen LogP contribution in [0.2, 0.25) is 0 Å². The summed E-state index contributed by atoms with van der Waals surface area (Å²) in [6.45, 7) is 5.80. The van der Waals surface area contributed by atoms with E-state index in [2.05, 4.69) is 20.4 Å². The lowest BCUT2D eigenvalue weighted by molar-refractivity contribution is -0.138. The van der Waals surface area contributed by atoms with Gasteiger partial charge in [-0.25, -0.2) is 18.7 Å². The van der Waals surface area contributed by atoms with Crippen molar-refractivity contribution in [2.45, 2.75) is 70.4 Å². The molecule has 1 aromatic heterocycles. The van der Waals surface area contributed by atoms with Gasteiger partial charge in [0.15, 0.2) is 11.9 Å². The number of hydrogen-bond acceptors (Lipinski definition) is 7. The Morgan fingerprint density at radius 3 is 2.23 bits per heavy atom. The minimum absolute atomic E-state index is 0. The van der Waals surface area contributed by atoms with E-state index in [0.29, 0.717) is 0 Å². The number of aliphatic hydroxyl groups excluding tert-OH is 1. The number of allylic oxidation sites excluding steroid dienone is 1. The fourth-order valence-electron chi connectivity index (χ4n) is 2.21. The second-order valence-electron chi connectivity index (χ2n) is 7.52. The zero-order chi connectivity index (χ0) is 22.2. The Kier molecular flexibility index (Phi) is 7.99. The summed E-state index contributed by atoms with van der Waals surface area (Å²) in [5.74, 6) is -6.67. The number of nitrogens with zero attached hydrogens (tertiary/aromatic N) is 3. The van der Waals surface area contributed by atoms with E-state index in [0.717, 1.165) is 6.92 Å². The predicted molar refractivity (Wildman–Crippen MR) is 102 cm³/mol. The Balaban J connectivity index is 0.00000450. The normalized spacial score (nSPS) is 20.4. The van der Waals surface area contributed by atoms with E-state index < -0.39 is 65.9 Å². The molecule has 7 nitrogen and oxygen atoms in total. The van der Waals surface area contributed by atoms with Crippen molar-refractivity contribution < 1.29 is 36.3 Å². The first-order valence-corrected chi connectivity index (χ1v) is 8.58. The molecule has 3 N–H and O–H groups in total. The van der Waals surface area contributed by atoms with Crippen LogP contribution in [-0.2, 0) is 4.84 Å². The number of halogens is 6. The molecule has 1 heterocycles. The molecule has 0 spiro atoms. The quantitative estimate of drug-likeness (QED) is 0.450. The first-order chi connectivity index (χ1) is 13.1. The van der Waals surface area contributed by atoms with Gasteiger partial charge in [0.25, 0.3) is 11.9 Å². The summed E-state index contributed by atoms with van der Waals surface area (Å²) in [6.07, 6.45) is -8.74. The van der Waals surface area contributed by atoms with Crippen LogP contribution in [0.1, 0.15) is 46.4 Å². The van der Waals surface area contributed by atoms with E-state index in [1.54, 1.807) is 20.8 Å². The number of aromatic nitrogens is 3. The van der Waals surface area contributed by atoms with Crippen LogP contribution in [-0.4, -0.2) is 49.9 Å². The van der Waals surface area contributed by atoms with Gasteiger partial charge in [0.05, 0.1) is 5.60 Å². The fourth-order valence-corrected chi connectivity index (χ4v) is 2.21. The average molecular weight is 463 g/mol. The van der Waals surface area contributed by atoms with Crippen LogP contribution in [0.25, 0.3) is 5.57 Å². The topological polar surface area (TPSA) is 92.2 Å². The Hall–Kier alpha value is -1.80. The van der Waals surface area contributed by atoms with Crippen LogP contribution >= 0.6 is 13.5 Å². The molecule has 1 unspecified atom stereocenters. The number of aliphatic hydroxyl groups is 1. The molecule has 1 aromatic rings. The van der Waals surface area contributed by atoms with Crippen molar-refractivity contribution in [2.24, 2.45) is 0 Å². The van der Waals surface area contributed by atoms with Crippen molar-refractivity contribution in [3.63, 3.8) is 0 Å². The molecule has 0 amide bonds. The van der Waals surface area contributed by atoms with Crippen molar-refractivity contribution in [1.82, 2.24) is 15.0 Å². The zero-order valence-corrected chi connectivity index (χ0v) is 17.5. The van der Waals surface area contributed by atoms with Gasteiger partial charge in [0.1, 0.15) is 11.9 Å². The van der Waals surface area contributed by atoms with E-state index in [4.69, 9.17) is 4.84 Å². The molecule has 0 aromatic carbocycles. The predicted octanol–water partition coefficient (Wildman–Crippen LogP) is 3.96. The minimum atomic E-state index is -4.63. The van der Waals surface area contributed by atoms with Gasteiger partial charge in [-0.1, -0.05) is 0 Å².